The van der Waals surface area contributed by atoms with Crippen LogP contribution in [0.3, 0.4) is 0 Å². The number of benzene rings is 2. The summed E-state index contributed by atoms with van der Waals surface area (Å²) >= 11 is 0. The van der Waals surface area contributed by atoms with E-state index in [2.05, 4.69) is 41.0 Å². The molecule has 0 amide bonds. The molecule has 0 fully saturated rings. The first-order valence-electron chi connectivity index (χ1n) is 16.1. The van der Waals surface area contributed by atoms with Gasteiger partial charge in [0.05, 0.1) is 27.7 Å². The number of methoxy groups -OCH3 is 1. The maximum atomic E-state index is 15.0. The number of anilines is 1. The molecule has 4 heterocycles. The lowest BCUT2D eigenvalue weighted by Crippen LogP contribution is -2.48. The van der Waals surface area contributed by atoms with E-state index in [-0.39, 0.29) is 35.5 Å². The van der Waals surface area contributed by atoms with Crippen LogP contribution in [0.25, 0.3) is 27.8 Å². The first kappa shape index (κ1) is 37.0. The van der Waals surface area contributed by atoms with E-state index in [0.29, 0.717) is 34.3 Å². The molecule has 0 saturated carbocycles. The van der Waals surface area contributed by atoms with Crippen molar-refractivity contribution in [2.75, 3.05) is 11.8 Å². The van der Waals surface area contributed by atoms with Crippen LogP contribution in [-0.4, -0.2) is 50.6 Å². The maximum absolute atomic E-state index is 15.0. The lowest BCUT2D eigenvalue weighted by Gasteiger charge is -2.16. The highest BCUT2D eigenvalue weighted by Crippen LogP contribution is 2.25. The molecule has 274 valence electrons. The Labute approximate surface area is 301 Å². The Kier molecular flexibility index (Phi) is 11.1. The topological polar surface area (TPSA) is 187 Å². The molecule has 53 heavy (non-hydrogen) atoms. The van der Waals surface area contributed by atoms with Crippen molar-refractivity contribution in [2.45, 2.75) is 37.4 Å². The van der Waals surface area contributed by atoms with Crippen LogP contribution in [0.1, 0.15) is 23.9 Å². The third-order valence-electron chi connectivity index (χ3n) is 8.20. The number of aryl methyl sites for hydroxylation is 1. The Bertz CT molecular complexity index is 2480. The molecule has 0 saturated heterocycles. The zero-order valence-corrected chi connectivity index (χ0v) is 29.5. The number of hydrogen-bond acceptors (Lipinski definition) is 12. The Morgan fingerprint density at radius 3 is 2.36 bits per heavy atom. The van der Waals surface area contributed by atoms with Crippen LogP contribution >= 0.6 is 0 Å². The Balaban J connectivity index is 1.01. The lowest BCUT2D eigenvalue weighted by atomic mass is 10.1. The largest absolute Gasteiger partial charge is 0.377 e. The smallest absolute Gasteiger partial charge is 0.337 e. The Morgan fingerprint density at radius 2 is 1.66 bits per heavy atom. The highest BCUT2D eigenvalue weighted by molar-refractivity contribution is 7.92. The highest BCUT2D eigenvalue weighted by Gasteiger charge is 2.19. The third-order valence-corrected chi connectivity index (χ3v) is 9.58. The Hall–Kier alpha value is -5.79. The molecule has 15 nitrogen and oxygen atoms in total. The average Bonchev–Trinajstić information content (AvgIpc) is 3.15. The highest BCUT2D eigenvalue weighted by atomic mass is 32.2. The Morgan fingerprint density at radius 1 is 0.906 bits per heavy atom. The van der Waals surface area contributed by atoms with Crippen molar-refractivity contribution >= 4 is 26.6 Å². The van der Waals surface area contributed by atoms with Crippen LogP contribution in [-0.2, 0) is 41.4 Å². The van der Waals surface area contributed by atoms with Crippen molar-refractivity contribution in [3.63, 3.8) is 0 Å². The number of hydrazine groups is 2. The fourth-order valence-electron chi connectivity index (χ4n) is 5.42. The van der Waals surface area contributed by atoms with Crippen molar-refractivity contribution in [3.05, 3.63) is 135 Å². The number of hydrogen-bond donors (Lipinski definition) is 4. The van der Waals surface area contributed by atoms with Crippen LogP contribution in [0.2, 0.25) is 0 Å². The number of sulfonamides is 1. The van der Waals surface area contributed by atoms with E-state index in [1.54, 1.807) is 56.0 Å². The maximum Gasteiger partial charge on any atom is 0.337 e. The standard InChI is InChI=1S/C35H34F2N10O5S/c1-21(12-22-4-9-33(41-15-22)47-34(48)27-10-11-38-19-31(27)46(2)35(47)49)43-45-42-18-24-13-29(37)30(14-28(24)36)44-53(50,51)26-7-5-23(6-8-26)25-16-39-32(20-52-3)40-17-25/h4-11,13-17,19,21,42-45H,12,18,20H2,1-3H3/t21-/m0/s1. The monoisotopic (exact) mass is 744 g/mol. The molecule has 4 N–H and O–H groups in total. The van der Waals surface area contributed by atoms with Gasteiger partial charge in [0.2, 0.25) is 0 Å². The zero-order valence-electron chi connectivity index (χ0n) is 28.7. The molecule has 0 aliphatic heterocycles. The van der Waals surface area contributed by atoms with Gasteiger partial charge in [0.1, 0.15) is 24.1 Å². The third kappa shape index (κ3) is 8.32. The van der Waals surface area contributed by atoms with E-state index in [0.717, 1.165) is 22.3 Å². The summed E-state index contributed by atoms with van der Waals surface area (Å²) in [6.07, 6.45) is 8.16. The molecule has 0 spiro atoms. The number of fused-ring (bicyclic) bond motifs is 1. The SMILES string of the molecule is COCc1ncc(-c2ccc(S(=O)(=O)Nc3cc(F)c(CNNN[C@@H](C)Cc4ccc(-n5c(=O)c6ccncc6n(C)c5=O)nc4)cc3F)cc2)cn1. The molecule has 2 aromatic carbocycles. The van der Waals surface area contributed by atoms with Crippen LogP contribution in [0.4, 0.5) is 14.5 Å². The van der Waals surface area contributed by atoms with Gasteiger partial charge in [0, 0.05) is 68.7 Å². The van der Waals surface area contributed by atoms with E-state index in [9.17, 15) is 26.8 Å². The molecule has 18 heteroatoms. The molecule has 6 aromatic rings. The molecular weight excluding hydrogens is 711 g/mol. The molecule has 0 aliphatic carbocycles. The molecule has 0 unspecified atom stereocenters. The van der Waals surface area contributed by atoms with Crippen LogP contribution in [0, 0.1) is 11.6 Å². The first-order chi connectivity index (χ1) is 25.4. The van der Waals surface area contributed by atoms with Crippen molar-refractivity contribution in [3.8, 4) is 16.9 Å². The van der Waals surface area contributed by atoms with Gasteiger partial charge in [-0.15, -0.1) is 0 Å². The predicted molar refractivity (Wildman–Crippen MR) is 192 cm³/mol. The van der Waals surface area contributed by atoms with Crippen molar-refractivity contribution in [1.82, 2.24) is 45.5 Å². The van der Waals surface area contributed by atoms with E-state index in [1.807, 2.05) is 6.92 Å². The van der Waals surface area contributed by atoms with Crippen LogP contribution in [0.5, 0.6) is 0 Å². The lowest BCUT2D eigenvalue weighted by molar-refractivity contribution is 0.178. The number of aromatic nitrogens is 6. The molecule has 0 aliphatic rings. The van der Waals surface area contributed by atoms with Crippen molar-refractivity contribution < 1.29 is 21.9 Å². The van der Waals surface area contributed by atoms with Gasteiger partial charge >= 0.3 is 5.69 Å². The molecule has 0 bridgehead atoms. The van der Waals surface area contributed by atoms with Crippen molar-refractivity contribution in [1.29, 1.82) is 0 Å². The normalized spacial score (nSPS) is 12.2. The number of nitrogens with zero attached hydrogens (tertiary/aromatic N) is 6. The quantitative estimate of drug-likeness (QED) is 0.0946. The minimum Gasteiger partial charge on any atom is -0.377 e. The summed E-state index contributed by atoms with van der Waals surface area (Å²) in [4.78, 5) is 42.5. The first-order valence-corrected chi connectivity index (χ1v) is 17.6. The molecule has 4 aromatic heterocycles. The predicted octanol–water partition coefficient (Wildman–Crippen LogP) is 2.89. The van der Waals surface area contributed by atoms with E-state index < -0.39 is 38.6 Å². The van der Waals surface area contributed by atoms with E-state index in [4.69, 9.17) is 4.74 Å². The van der Waals surface area contributed by atoms with E-state index >= 15 is 0 Å². The summed E-state index contributed by atoms with van der Waals surface area (Å²) in [5.74, 6) is -1.12. The van der Waals surface area contributed by atoms with Crippen LogP contribution < -0.4 is 32.4 Å². The van der Waals surface area contributed by atoms with Gasteiger partial charge in [0.25, 0.3) is 15.6 Å². The second-order valence-corrected chi connectivity index (χ2v) is 13.7. The van der Waals surface area contributed by atoms with Gasteiger partial charge in [-0.3, -0.25) is 19.1 Å². The minimum absolute atomic E-state index is 0.0541. The summed E-state index contributed by atoms with van der Waals surface area (Å²) in [5, 5.41) is 0.336. The molecule has 0 radical (unpaired) electrons. The van der Waals surface area contributed by atoms with Gasteiger partial charge in [0.15, 0.2) is 5.82 Å². The summed E-state index contributed by atoms with van der Waals surface area (Å²) in [6.45, 7) is 1.98. The van der Waals surface area contributed by atoms with Gasteiger partial charge in [-0.05, 0) is 54.8 Å². The summed E-state index contributed by atoms with van der Waals surface area (Å²) in [7, 11) is -1.16. The number of nitrogens with one attached hydrogen (secondary N) is 4. The average molecular weight is 745 g/mol. The number of halogens is 2. The van der Waals surface area contributed by atoms with Crippen molar-refractivity contribution in [2.24, 2.45) is 7.05 Å². The van der Waals surface area contributed by atoms with Gasteiger partial charge < -0.3 is 4.74 Å². The fraction of sp³-hybridized carbons (Fsp3) is 0.200. The summed E-state index contributed by atoms with van der Waals surface area (Å²) < 4.78 is 65.3. The fourth-order valence-corrected chi connectivity index (χ4v) is 6.48. The minimum atomic E-state index is -4.24. The zero-order chi connectivity index (χ0) is 37.7. The van der Waals surface area contributed by atoms with Gasteiger partial charge in [-0.1, -0.05) is 18.2 Å². The molecule has 6 rings (SSSR count). The molecule has 1 atom stereocenters. The van der Waals surface area contributed by atoms with E-state index in [1.165, 1.54) is 36.2 Å². The number of ether oxygens (including phenoxy) is 1. The number of rotatable bonds is 14. The summed E-state index contributed by atoms with van der Waals surface area (Å²) in [5.41, 5.74) is 9.38. The van der Waals surface area contributed by atoms with Gasteiger partial charge in [-0.2, -0.15) is 5.53 Å². The second kappa shape index (κ2) is 15.8. The second-order valence-electron chi connectivity index (χ2n) is 12.0. The number of pyridine rings is 2. The van der Waals surface area contributed by atoms with Crippen LogP contribution in [0.15, 0.2) is 100 Å². The summed E-state index contributed by atoms with van der Waals surface area (Å²) in [6, 6.07) is 12.2. The van der Waals surface area contributed by atoms with Gasteiger partial charge in [-0.25, -0.2) is 52.4 Å². The molecular formula is C35H34F2N10O5S.